The zero-order valence-electron chi connectivity index (χ0n) is 12.4. The van der Waals surface area contributed by atoms with Crippen LogP contribution in [0.15, 0.2) is 29.8 Å². The Kier molecular flexibility index (Phi) is 4.02. The van der Waals surface area contributed by atoms with Crippen LogP contribution in [0.3, 0.4) is 0 Å². The number of ether oxygens (including phenoxy) is 3. The summed E-state index contributed by atoms with van der Waals surface area (Å²) in [6.07, 6.45) is 2.57. The standard InChI is InChI=1S/C16H20O4/c1-11(15(17)18-4)8-9-19-13-7-5-6-12-10-16(2,3)20-14(12)13/h5-8H,9-10H2,1-4H3. The van der Waals surface area contributed by atoms with Crippen LogP contribution in [0.25, 0.3) is 0 Å². The number of benzene rings is 1. The number of fused-ring (bicyclic) bond motifs is 1. The van der Waals surface area contributed by atoms with Crippen molar-refractivity contribution >= 4 is 5.97 Å². The summed E-state index contributed by atoms with van der Waals surface area (Å²) in [6.45, 7) is 6.11. The van der Waals surface area contributed by atoms with E-state index in [-0.39, 0.29) is 11.6 Å². The van der Waals surface area contributed by atoms with E-state index in [0.717, 1.165) is 17.7 Å². The first-order valence-corrected chi connectivity index (χ1v) is 6.62. The lowest BCUT2D eigenvalue weighted by atomic mass is 10.0. The largest absolute Gasteiger partial charge is 0.486 e. The Labute approximate surface area is 119 Å². The van der Waals surface area contributed by atoms with Gasteiger partial charge in [-0.15, -0.1) is 0 Å². The molecule has 0 radical (unpaired) electrons. The molecule has 0 N–H and O–H groups in total. The molecule has 1 aliphatic heterocycles. The predicted octanol–water partition coefficient (Wildman–Crippen LogP) is 2.90. The molecule has 1 aromatic rings. The van der Waals surface area contributed by atoms with E-state index < -0.39 is 0 Å². The summed E-state index contributed by atoms with van der Waals surface area (Å²) < 4.78 is 16.2. The van der Waals surface area contributed by atoms with Crippen molar-refractivity contribution in [3.63, 3.8) is 0 Å². The summed E-state index contributed by atoms with van der Waals surface area (Å²) >= 11 is 0. The zero-order chi connectivity index (χ0) is 14.8. The lowest BCUT2D eigenvalue weighted by Gasteiger charge is -2.18. The van der Waals surface area contributed by atoms with Gasteiger partial charge in [-0.25, -0.2) is 4.79 Å². The maximum absolute atomic E-state index is 11.3. The van der Waals surface area contributed by atoms with Crippen LogP contribution in [-0.4, -0.2) is 25.3 Å². The molecule has 0 fully saturated rings. The summed E-state index contributed by atoms with van der Waals surface area (Å²) in [5.41, 5.74) is 1.49. The average molecular weight is 276 g/mol. The molecular weight excluding hydrogens is 256 g/mol. The first-order valence-electron chi connectivity index (χ1n) is 6.62. The van der Waals surface area contributed by atoms with Gasteiger partial charge in [0.1, 0.15) is 12.2 Å². The summed E-state index contributed by atoms with van der Waals surface area (Å²) in [7, 11) is 1.36. The molecule has 0 atom stereocenters. The van der Waals surface area contributed by atoms with Crippen LogP contribution in [0.2, 0.25) is 0 Å². The van der Waals surface area contributed by atoms with Crippen molar-refractivity contribution in [1.29, 1.82) is 0 Å². The monoisotopic (exact) mass is 276 g/mol. The molecule has 1 aromatic carbocycles. The Balaban J connectivity index is 2.06. The topological polar surface area (TPSA) is 44.8 Å². The van der Waals surface area contributed by atoms with Crippen LogP contribution in [0.5, 0.6) is 11.5 Å². The van der Waals surface area contributed by atoms with Gasteiger partial charge in [-0.1, -0.05) is 12.1 Å². The fraction of sp³-hybridized carbons (Fsp3) is 0.438. The van der Waals surface area contributed by atoms with Crippen LogP contribution in [0.4, 0.5) is 0 Å². The van der Waals surface area contributed by atoms with Crippen LogP contribution >= 0.6 is 0 Å². The van der Waals surface area contributed by atoms with Gasteiger partial charge in [-0.3, -0.25) is 0 Å². The van der Waals surface area contributed by atoms with Crippen LogP contribution < -0.4 is 9.47 Å². The smallest absolute Gasteiger partial charge is 0.333 e. The van der Waals surface area contributed by atoms with Crippen molar-refractivity contribution < 1.29 is 19.0 Å². The molecule has 0 saturated carbocycles. The minimum atomic E-state index is -0.343. The predicted molar refractivity (Wildman–Crippen MR) is 76.1 cm³/mol. The van der Waals surface area contributed by atoms with Crippen LogP contribution in [0.1, 0.15) is 26.3 Å². The zero-order valence-corrected chi connectivity index (χ0v) is 12.4. The third-order valence-corrected chi connectivity index (χ3v) is 3.19. The highest BCUT2D eigenvalue weighted by Crippen LogP contribution is 2.41. The maximum Gasteiger partial charge on any atom is 0.333 e. The normalized spacial score (nSPS) is 16.3. The molecule has 0 aromatic heterocycles. The molecule has 0 unspecified atom stereocenters. The van der Waals surface area contributed by atoms with Gasteiger partial charge in [0.25, 0.3) is 0 Å². The van der Waals surface area contributed by atoms with Gasteiger partial charge in [-0.2, -0.15) is 0 Å². The first kappa shape index (κ1) is 14.4. The molecule has 0 aliphatic carbocycles. The molecule has 1 heterocycles. The lowest BCUT2D eigenvalue weighted by molar-refractivity contribution is -0.136. The summed E-state index contributed by atoms with van der Waals surface area (Å²) in [5.74, 6) is 1.17. The Morgan fingerprint density at radius 1 is 1.45 bits per heavy atom. The van der Waals surface area contributed by atoms with E-state index in [1.165, 1.54) is 7.11 Å². The van der Waals surface area contributed by atoms with Crippen LogP contribution in [-0.2, 0) is 16.0 Å². The molecular formula is C16H20O4. The molecule has 108 valence electrons. The second kappa shape index (κ2) is 5.57. The van der Waals surface area contributed by atoms with Crippen LogP contribution in [0, 0.1) is 0 Å². The Hall–Kier alpha value is -1.97. The summed E-state index contributed by atoms with van der Waals surface area (Å²) in [6, 6.07) is 5.88. The minimum absolute atomic E-state index is 0.195. The molecule has 2 rings (SSSR count). The molecule has 0 spiro atoms. The number of hydrogen-bond donors (Lipinski definition) is 0. The van der Waals surface area contributed by atoms with E-state index in [4.69, 9.17) is 9.47 Å². The maximum atomic E-state index is 11.3. The number of rotatable bonds is 4. The molecule has 0 saturated heterocycles. The summed E-state index contributed by atoms with van der Waals surface area (Å²) in [5, 5.41) is 0. The molecule has 20 heavy (non-hydrogen) atoms. The van der Waals surface area contributed by atoms with Crippen molar-refractivity contribution in [3.8, 4) is 11.5 Å². The highest BCUT2D eigenvalue weighted by Gasteiger charge is 2.32. The third kappa shape index (κ3) is 3.13. The van der Waals surface area contributed by atoms with E-state index >= 15 is 0 Å². The van der Waals surface area contributed by atoms with Crippen molar-refractivity contribution in [2.45, 2.75) is 32.8 Å². The second-order valence-corrected chi connectivity index (χ2v) is 5.47. The number of hydrogen-bond acceptors (Lipinski definition) is 4. The Bertz CT molecular complexity index is 543. The fourth-order valence-corrected chi connectivity index (χ4v) is 2.20. The molecule has 1 aliphatic rings. The van der Waals surface area contributed by atoms with Crippen molar-refractivity contribution in [2.75, 3.05) is 13.7 Å². The number of para-hydroxylation sites is 1. The fourth-order valence-electron chi connectivity index (χ4n) is 2.20. The SMILES string of the molecule is COC(=O)C(C)=CCOc1cccc2c1OC(C)(C)C2. The number of methoxy groups -OCH3 is 1. The third-order valence-electron chi connectivity index (χ3n) is 3.19. The van der Waals surface area contributed by atoms with E-state index in [0.29, 0.717) is 17.9 Å². The first-order chi connectivity index (χ1) is 9.43. The quantitative estimate of drug-likeness (QED) is 0.626. The van der Waals surface area contributed by atoms with Crippen molar-refractivity contribution in [2.24, 2.45) is 0 Å². The number of carbonyl (C=O) groups excluding carboxylic acids is 1. The van der Waals surface area contributed by atoms with Gasteiger partial charge in [0.2, 0.25) is 0 Å². The van der Waals surface area contributed by atoms with Crippen molar-refractivity contribution in [3.05, 3.63) is 35.4 Å². The van der Waals surface area contributed by atoms with E-state index in [2.05, 4.69) is 18.6 Å². The van der Waals surface area contributed by atoms with Crippen molar-refractivity contribution in [1.82, 2.24) is 0 Å². The Morgan fingerprint density at radius 3 is 2.90 bits per heavy atom. The van der Waals surface area contributed by atoms with Gasteiger partial charge in [0.15, 0.2) is 11.5 Å². The van der Waals surface area contributed by atoms with Gasteiger partial charge in [-0.05, 0) is 32.9 Å². The minimum Gasteiger partial charge on any atom is -0.486 e. The van der Waals surface area contributed by atoms with Gasteiger partial charge >= 0.3 is 5.97 Å². The average Bonchev–Trinajstić information content (AvgIpc) is 2.72. The van der Waals surface area contributed by atoms with E-state index in [1.807, 2.05) is 18.2 Å². The van der Waals surface area contributed by atoms with Gasteiger partial charge in [0, 0.05) is 17.6 Å². The van der Waals surface area contributed by atoms with E-state index in [1.54, 1.807) is 13.0 Å². The van der Waals surface area contributed by atoms with E-state index in [9.17, 15) is 4.79 Å². The highest BCUT2D eigenvalue weighted by molar-refractivity contribution is 5.87. The second-order valence-electron chi connectivity index (χ2n) is 5.47. The van der Waals surface area contributed by atoms with Gasteiger partial charge in [0.05, 0.1) is 7.11 Å². The summed E-state index contributed by atoms with van der Waals surface area (Å²) in [4.78, 5) is 11.3. The molecule has 0 bridgehead atoms. The Morgan fingerprint density at radius 2 is 2.20 bits per heavy atom. The molecule has 4 nitrogen and oxygen atoms in total. The number of carbonyl (C=O) groups is 1. The number of esters is 1. The lowest BCUT2D eigenvalue weighted by Crippen LogP contribution is -2.24. The van der Waals surface area contributed by atoms with Gasteiger partial charge < -0.3 is 14.2 Å². The highest BCUT2D eigenvalue weighted by atomic mass is 16.5. The molecule has 4 heteroatoms. The molecule has 0 amide bonds.